The van der Waals surface area contributed by atoms with Gasteiger partial charge in [-0.1, -0.05) is 18.2 Å². The summed E-state index contributed by atoms with van der Waals surface area (Å²) >= 11 is 0. The summed E-state index contributed by atoms with van der Waals surface area (Å²) < 4.78 is 24.3. The van der Waals surface area contributed by atoms with Crippen LogP contribution < -0.4 is 5.73 Å². The highest BCUT2D eigenvalue weighted by molar-refractivity contribution is 7.92. The van der Waals surface area contributed by atoms with Crippen LogP contribution in [-0.4, -0.2) is 19.7 Å². The monoisotopic (exact) mass is 239 g/mol. The zero-order chi connectivity index (χ0) is 11.8. The largest absolute Gasteiger partial charge is 0.328 e. The zero-order valence-electron chi connectivity index (χ0n) is 9.39. The van der Waals surface area contributed by atoms with Gasteiger partial charge in [-0.05, 0) is 37.8 Å². The summed E-state index contributed by atoms with van der Waals surface area (Å²) in [6, 6.07) is 7.18. The van der Waals surface area contributed by atoms with E-state index in [0.717, 1.165) is 18.4 Å². The molecule has 0 radical (unpaired) electrons. The van der Waals surface area contributed by atoms with E-state index in [0.29, 0.717) is 11.3 Å². The van der Waals surface area contributed by atoms with E-state index in [1.54, 1.807) is 12.1 Å². The van der Waals surface area contributed by atoms with Crippen LogP contribution in [0.4, 0.5) is 0 Å². The van der Waals surface area contributed by atoms with Crippen molar-refractivity contribution in [3.05, 3.63) is 29.8 Å². The van der Waals surface area contributed by atoms with Crippen LogP contribution in [0.1, 0.15) is 25.3 Å². The average Bonchev–Trinajstić information content (AvgIpc) is 3.00. The molecular formula is C12H17NO2S. The molecule has 1 aliphatic carbocycles. The third-order valence-electron chi connectivity index (χ3n) is 2.78. The maximum absolute atomic E-state index is 12.2. The molecule has 0 saturated heterocycles. The molecule has 16 heavy (non-hydrogen) atoms. The number of nitrogens with two attached hydrogens (primary N) is 1. The number of sulfone groups is 1. The van der Waals surface area contributed by atoms with Crippen LogP contribution in [0.15, 0.2) is 29.2 Å². The molecule has 3 nitrogen and oxygen atoms in total. The molecule has 1 fully saturated rings. The highest BCUT2D eigenvalue weighted by Crippen LogP contribution is 2.34. The maximum Gasteiger partial charge on any atom is 0.181 e. The van der Waals surface area contributed by atoms with Gasteiger partial charge < -0.3 is 5.73 Å². The third kappa shape index (κ3) is 2.28. The van der Waals surface area contributed by atoms with Crippen molar-refractivity contribution in [2.75, 3.05) is 0 Å². The second-order valence-corrected chi connectivity index (χ2v) is 6.73. The van der Waals surface area contributed by atoms with Crippen LogP contribution >= 0.6 is 0 Å². The molecule has 88 valence electrons. The number of hydrogen-bond donors (Lipinski definition) is 1. The summed E-state index contributed by atoms with van der Waals surface area (Å²) in [4.78, 5) is 0.481. The van der Waals surface area contributed by atoms with Gasteiger partial charge in [-0.2, -0.15) is 0 Å². The molecule has 1 unspecified atom stereocenters. The van der Waals surface area contributed by atoms with Crippen molar-refractivity contribution in [2.45, 2.75) is 42.4 Å². The van der Waals surface area contributed by atoms with Crippen molar-refractivity contribution >= 4 is 9.84 Å². The summed E-state index contributed by atoms with van der Waals surface area (Å²) in [6.07, 6.45) is 2.21. The molecule has 1 aromatic carbocycles. The molecule has 2 rings (SSSR count). The Morgan fingerprint density at radius 2 is 2.00 bits per heavy atom. The van der Waals surface area contributed by atoms with Gasteiger partial charge in [0.2, 0.25) is 0 Å². The van der Waals surface area contributed by atoms with Gasteiger partial charge >= 0.3 is 0 Å². The Labute approximate surface area is 96.6 Å². The second kappa shape index (κ2) is 4.18. The summed E-state index contributed by atoms with van der Waals surface area (Å²) in [7, 11) is -3.10. The Morgan fingerprint density at radius 3 is 2.56 bits per heavy atom. The molecule has 2 N–H and O–H groups in total. The highest BCUT2D eigenvalue weighted by atomic mass is 32.2. The smallest absolute Gasteiger partial charge is 0.181 e. The minimum Gasteiger partial charge on any atom is -0.328 e. The van der Waals surface area contributed by atoms with Crippen molar-refractivity contribution in [1.29, 1.82) is 0 Å². The first-order chi connectivity index (χ1) is 7.51. The van der Waals surface area contributed by atoms with Crippen molar-refractivity contribution in [2.24, 2.45) is 5.73 Å². The highest BCUT2D eigenvalue weighted by Gasteiger charge is 2.37. The SMILES string of the molecule is CC(N)Cc1ccccc1S(=O)(=O)C1CC1. The Kier molecular flexibility index (Phi) is 3.04. The molecule has 1 atom stereocenters. The normalized spacial score (nSPS) is 18.4. The van der Waals surface area contributed by atoms with Crippen LogP contribution in [0.25, 0.3) is 0 Å². The Bertz CT molecular complexity index is 476. The van der Waals surface area contributed by atoms with Gasteiger partial charge in [-0.3, -0.25) is 0 Å². The van der Waals surface area contributed by atoms with E-state index in [-0.39, 0.29) is 11.3 Å². The van der Waals surface area contributed by atoms with E-state index in [1.165, 1.54) is 0 Å². The molecule has 1 saturated carbocycles. The summed E-state index contributed by atoms with van der Waals surface area (Å²) in [5.74, 6) is 0. The van der Waals surface area contributed by atoms with Crippen molar-refractivity contribution in [1.82, 2.24) is 0 Å². The second-order valence-electron chi connectivity index (χ2n) is 4.53. The molecule has 1 aromatic rings. The minimum absolute atomic E-state index is 0.0180. The van der Waals surface area contributed by atoms with E-state index in [4.69, 9.17) is 5.73 Å². The van der Waals surface area contributed by atoms with E-state index in [2.05, 4.69) is 0 Å². The van der Waals surface area contributed by atoms with Gasteiger partial charge in [0, 0.05) is 6.04 Å². The Balaban J connectivity index is 2.39. The topological polar surface area (TPSA) is 60.2 Å². The van der Waals surface area contributed by atoms with Crippen molar-refractivity contribution in [3.63, 3.8) is 0 Å². The van der Waals surface area contributed by atoms with Gasteiger partial charge in [0.15, 0.2) is 9.84 Å². The lowest BCUT2D eigenvalue weighted by molar-refractivity contribution is 0.592. The molecule has 0 bridgehead atoms. The predicted octanol–water partition coefficient (Wildman–Crippen LogP) is 1.51. The molecule has 1 aliphatic rings. The first kappa shape index (κ1) is 11.6. The molecular weight excluding hydrogens is 222 g/mol. The van der Waals surface area contributed by atoms with Gasteiger partial charge in [-0.25, -0.2) is 8.42 Å². The van der Waals surface area contributed by atoms with E-state index in [1.807, 2.05) is 19.1 Å². The fourth-order valence-electron chi connectivity index (χ4n) is 1.85. The van der Waals surface area contributed by atoms with Crippen LogP contribution in [-0.2, 0) is 16.3 Å². The third-order valence-corrected chi connectivity index (χ3v) is 5.14. The Hall–Kier alpha value is -0.870. The lowest BCUT2D eigenvalue weighted by atomic mass is 10.1. The average molecular weight is 239 g/mol. The van der Waals surface area contributed by atoms with Crippen molar-refractivity contribution < 1.29 is 8.42 Å². The van der Waals surface area contributed by atoms with Gasteiger partial charge in [0.1, 0.15) is 0 Å². The van der Waals surface area contributed by atoms with Gasteiger partial charge in [0.25, 0.3) is 0 Å². The van der Waals surface area contributed by atoms with Crippen LogP contribution in [0.2, 0.25) is 0 Å². The van der Waals surface area contributed by atoms with Crippen LogP contribution in [0.3, 0.4) is 0 Å². The van der Waals surface area contributed by atoms with Gasteiger partial charge in [-0.15, -0.1) is 0 Å². The van der Waals surface area contributed by atoms with Gasteiger partial charge in [0.05, 0.1) is 10.1 Å². The number of rotatable bonds is 4. The minimum atomic E-state index is -3.10. The molecule has 0 aliphatic heterocycles. The standard InChI is InChI=1S/C12H17NO2S/c1-9(13)8-10-4-2-3-5-12(10)16(14,15)11-6-7-11/h2-5,9,11H,6-8,13H2,1H3. The van der Waals surface area contributed by atoms with E-state index in [9.17, 15) is 8.42 Å². The first-order valence-electron chi connectivity index (χ1n) is 5.59. The zero-order valence-corrected chi connectivity index (χ0v) is 10.2. The first-order valence-corrected chi connectivity index (χ1v) is 7.14. The quantitative estimate of drug-likeness (QED) is 0.866. The lowest BCUT2D eigenvalue weighted by Gasteiger charge is -2.11. The summed E-state index contributed by atoms with van der Waals surface area (Å²) in [6.45, 7) is 1.89. The summed E-state index contributed by atoms with van der Waals surface area (Å²) in [5, 5.41) is -0.151. The number of benzene rings is 1. The van der Waals surface area contributed by atoms with E-state index >= 15 is 0 Å². The predicted molar refractivity (Wildman–Crippen MR) is 64.0 cm³/mol. The lowest BCUT2D eigenvalue weighted by Crippen LogP contribution is -2.20. The maximum atomic E-state index is 12.2. The summed E-state index contributed by atoms with van der Waals surface area (Å²) in [5.41, 5.74) is 6.58. The molecule has 0 heterocycles. The molecule has 0 aromatic heterocycles. The van der Waals surface area contributed by atoms with Crippen LogP contribution in [0, 0.1) is 0 Å². The molecule has 0 spiro atoms. The number of hydrogen-bond acceptors (Lipinski definition) is 3. The Morgan fingerprint density at radius 1 is 1.38 bits per heavy atom. The van der Waals surface area contributed by atoms with Crippen LogP contribution in [0.5, 0.6) is 0 Å². The fraction of sp³-hybridized carbons (Fsp3) is 0.500. The molecule has 4 heteroatoms. The molecule has 0 amide bonds. The van der Waals surface area contributed by atoms with Crippen molar-refractivity contribution in [3.8, 4) is 0 Å². The fourth-order valence-corrected chi connectivity index (χ4v) is 3.76. The van der Waals surface area contributed by atoms with E-state index < -0.39 is 9.84 Å².